The second kappa shape index (κ2) is 13.8. The number of hydrogen-bond donors (Lipinski definition) is 2. The van der Waals surface area contributed by atoms with Crippen molar-refractivity contribution in [1.29, 1.82) is 0 Å². The van der Waals surface area contributed by atoms with Gasteiger partial charge in [-0.3, -0.25) is 19.4 Å². The van der Waals surface area contributed by atoms with E-state index < -0.39 is 17.4 Å². The Labute approximate surface area is 297 Å². The monoisotopic (exact) mass is 677 g/mol. The molecule has 0 spiro atoms. The molecule has 282 valence electrons. The van der Waals surface area contributed by atoms with Gasteiger partial charge in [0.2, 0.25) is 0 Å². The van der Waals surface area contributed by atoms with Crippen molar-refractivity contribution in [2.75, 3.05) is 14.1 Å². The summed E-state index contributed by atoms with van der Waals surface area (Å²) in [5.41, 5.74) is -1.96. The lowest BCUT2D eigenvalue weighted by molar-refractivity contribution is -0.208. The average molecular weight is 677 g/mol. The van der Waals surface area contributed by atoms with E-state index >= 15 is 0 Å². The Kier molecular flexibility index (Phi) is 12.3. The molecular weight excluding hydrogens is 596 g/mol. The molecule has 0 aromatic carbocycles. The number of aliphatic carboxylic acids is 2. The summed E-state index contributed by atoms with van der Waals surface area (Å²) in [4.78, 5) is 31.0. The number of hydrogen-bond acceptors (Lipinski definition) is 4. The van der Waals surface area contributed by atoms with Crippen LogP contribution in [0.3, 0.4) is 0 Å². The highest BCUT2D eigenvalue weighted by Gasteiger charge is 2.67. The summed E-state index contributed by atoms with van der Waals surface area (Å²) >= 11 is 0. The van der Waals surface area contributed by atoms with E-state index in [1.54, 1.807) is 0 Å². The fraction of sp³-hybridized carbons (Fsp3) is 0.952. The molecule has 2 saturated heterocycles. The highest BCUT2D eigenvalue weighted by atomic mass is 16.4. The van der Waals surface area contributed by atoms with Gasteiger partial charge in [0.05, 0.1) is 5.41 Å². The number of carboxylic acids is 2. The molecule has 0 aromatic heterocycles. The maximum Gasteiger partial charge on any atom is 0.310 e. The summed E-state index contributed by atoms with van der Waals surface area (Å²) in [5, 5.41) is 21.1. The molecule has 2 fully saturated rings. The van der Waals surface area contributed by atoms with E-state index in [4.69, 9.17) is 5.11 Å². The number of carboxylic acid groups (broad SMARTS) is 2. The zero-order chi connectivity index (χ0) is 37.7. The van der Waals surface area contributed by atoms with Crippen LogP contribution in [-0.2, 0) is 9.59 Å². The summed E-state index contributed by atoms with van der Waals surface area (Å²) in [7, 11) is 4.60. The van der Waals surface area contributed by atoms with Crippen molar-refractivity contribution in [3.63, 3.8) is 0 Å². The summed E-state index contributed by atoms with van der Waals surface area (Å²) < 4.78 is 0. The number of likely N-dealkylation sites (tertiary alicyclic amines) is 2. The second-order valence-electron chi connectivity index (χ2n) is 21.4. The summed E-state index contributed by atoms with van der Waals surface area (Å²) in [6, 6.07) is 0. The van der Waals surface area contributed by atoms with Gasteiger partial charge in [-0.05, 0) is 114 Å². The Morgan fingerprint density at radius 3 is 1.06 bits per heavy atom. The van der Waals surface area contributed by atoms with E-state index in [-0.39, 0.29) is 62.1 Å². The third kappa shape index (κ3) is 7.42. The van der Waals surface area contributed by atoms with Crippen molar-refractivity contribution in [2.24, 2.45) is 38.9 Å². The molecule has 2 rings (SSSR count). The van der Waals surface area contributed by atoms with Crippen LogP contribution in [0.15, 0.2) is 0 Å². The Bertz CT molecular complexity index is 1010. The van der Waals surface area contributed by atoms with Gasteiger partial charge in [-0.2, -0.15) is 0 Å². The molecular formula is C42H80N2O4. The quantitative estimate of drug-likeness (QED) is 0.212. The molecule has 2 heterocycles. The maximum absolute atomic E-state index is 14.6. The molecule has 48 heavy (non-hydrogen) atoms. The minimum Gasteiger partial charge on any atom is -0.481 e. The van der Waals surface area contributed by atoms with Gasteiger partial charge in [-0.15, -0.1) is 0 Å². The average Bonchev–Trinajstić information content (AvgIpc) is 2.88. The van der Waals surface area contributed by atoms with Gasteiger partial charge in [0, 0.05) is 28.6 Å². The van der Waals surface area contributed by atoms with Crippen molar-refractivity contribution in [3.05, 3.63) is 0 Å². The van der Waals surface area contributed by atoms with Crippen molar-refractivity contribution < 1.29 is 19.8 Å². The molecule has 4 unspecified atom stereocenters. The number of rotatable bonds is 11. The van der Waals surface area contributed by atoms with Crippen molar-refractivity contribution in [1.82, 2.24) is 9.80 Å². The van der Waals surface area contributed by atoms with Crippen LogP contribution in [0.25, 0.3) is 0 Å². The molecule has 2 aliphatic heterocycles. The topological polar surface area (TPSA) is 81.1 Å². The lowest BCUT2D eigenvalue weighted by Crippen LogP contribution is -2.74. The Morgan fingerprint density at radius 1 is 0.542 bits per heavy atom. The Hall–Kier alpha value is -1.14. The molecule has 0 radical (unpaired) electrons. The zero-order valence-corrected chi connectivity index (χ0v) is 35.0. The molecule has 0 saturated carbocycles. The summed E-state index contributed by atoms with van der Waals surface area (Å²) in [6.07, 6.45) is 8.61. The lowest BCUT2D eigenvalue weighted by Gasteiger charge is -2.69. The fourth-order valence-electron chi connectivity index (χ4n) is 10.1. The molecule has 2 N–H and O–H groups in total. The van der Waals surface area contributed by atoms with Crippen LogP contribution in [-0.4, -0.2) is 68.2 Å². The van der Waals surface area contributed by atoms with Gasteiger partial charge in [-0.25, -0.2) is 0 Å². The number of carbonyl (C=O) groups is 2. The first kappa shape index (κ1) is 43.0. The number of unbranched alkanes of at least 4 members (excludes halogenated alkanes) is 4. The van der Waals surface area contributed by atoms with Crippen LogP contribution in [0, 0.1) is 38.9 Å². The lowest BCUT2D eigenvalue weighted by atomic mass is 9.46. The van der Waals surface area contributed by atoms with Gasteiger partial charge in [0.15, 0.2) is 0 Å². The Morgan fingerprint density at radius 2 is 0.812 bits per heavy atom. The molecule has 0 aromatic rings. The molecule has 6 nitrogen and oxygen atoms in total. The molecule has 6 heteroatoms. The van der Waals surface area contributed by atoms with Crippen LogP contribution in [0.2, 0.25) is 0 Å². The summed E-state index contributed by atoms with van der Waals surface area (Å²) in [6.45, 7) is 37.8. The predicted octanol–water partition coefficient (Wildman–Crippen LogP) is 10.8. The number of nitrogens with zero attached hydrogens (tertiary/aromatic N) is 2. The van der Waals surface area contributed by atoms with Crippen LogP contribution < -0.4 is 0 Å². The maximum atomic E-state index is 14.6. The van der Waals surface area contributed by atoms with Crippen molar-refractivity contribution >= 4 is 11.9 Å². The van der Waals surface area contributed by atoms with Crippen LogP contribution in [0.1, 0.15) is 181 Å². The molecule has 0 bridgehead atoms. The van der Waals surface area contributed by atoms with Gasteiger partial charge >= 0.3 is 11.9 Å². The van der Waals surface area contributed by atoms with E-state index in [0.717, 1.165) is 51.4 Å². The standard InChI is InChI=1S/C42H80N2O4/c1-34(2,3)38(13)26-30(27-39(14,43(38)17)35(4,5)6)42(33(47)48,25-23-21-19-20-22-24-32(45)46)31-28-40(15,36(7,8)9)44(18)41(16,29-31)37(10,11)12/h30-31H,19-29H2,1-18H3,(H,45,46)(H,47,48). The van der Waals surface area contributed by atoms with Crippen LogP contribution in [0.5, 0.6) is 0 Å². The third-order valence-electron chi connectivity index (χ3n) is 15.8. The van der Waals surface area contributed by atoms with Crippen molar-refractivity contribution in [2.45, 2.75) is 204 Å². The molecule has 0 aliphatic carbocycles. The number of piperidine rings is 2. The molecule has 0 amide bonds. The first-order valence-corrected chi connectivity index (χ1v) is 19.2. The van der Waals surface area contributed by atoms with Gasteiger partial charge in [0.25, 0.3) is 0 Å². The first-order chi connectivity index (χ1) is 21.3. The Balaban J connectivity index is 2.89. The van der Waals surface area contributed by atoms with E-state index in [0.29, 0.717) is 12.8 Å². The molecule has 4 atom stereocenters. The second-order valence-corrected chi connectivity index (χ2v) is 21.4. The van der Waals surface area contributed by atoms with Crippen molar-refractivity contribution in [3.8, 4) is 0 Å². The van der Waals surface area contributed by atoms with E-state index in [9.17, 15) is 14.7 Å². The highest BCUT2D eigenvalue weighted by Crippen LogP contribution is 2.64. The minimum atomic E-state index is -0.887. The largest absolute Gasteiger partial charge is 0.481 e. The van der Waals surface area contributed by atoms with Crippen LogP contribution >= 0.6 is 0 Å². The highest BCUT2D eigenvalue weighted by molar-refractivity contribution is 5.76. The van der Waals surface area contributed by atoms with Gasteiger partial charge in [-0.1, -0.05) is 109 Å². The van der Waals surface area contributed by atoms with Gasteiger partial charge < -0.3 is 10.2 Å². The van der Waals surface area contributed by atoms with E-state index in [1.165, 1.54) is 0 Å². The molecule has 2 aliphatic rings. The first-order valence-electron chi connectivity index (χ1n) is 19.2. The van der Waals surface area contributed by atoms with E-state index in [1.807, 2.05) is 0 Å². The van der Waals surface area contributed by atoms with E-state index in [2.05, 4.69) is 135 Å². The summed E-state index contributed by atoms with van der Waals surface area (Å²) in [5.74, 6) is -1.32. The predicted molar refractivity (Wildman–Crippen MR) is 202 cm³/mol. The SMILES string of the molecule is CN1C(C)(C(C)(C)C)CC(C(CCCCCCCC(=O)O)(C(=O)O)C2CC(C)(C(C)(C)C)N(C)C(C)(C(C)(C)C)C2)CC1(C)C(C)(C)C. The minimum absolute atomic E-state index is 0.00787. The smallest absolute Gasteiger partial charge is 0.310 e. The fourth-order valence-corrected chi connectivity index (χ4v) is 10.1. The zero-order valence-electron chi connectivity index (χ0n) is 35.0. The third-order valence-corrected chi connectivity index (χ3v) is 15.8. The van der Waals surface area contributed by atoms with Gasteiger partial charge in [0.1, 0.15) is 0 Å². The normalized spacial score (nSPS) is 34.5. The van der Waals surface area contributed by atoms with Crippen LogP contribution in [0.4, 0.5) is 0 Å².